The summed E-state index contributed by atoms with van der Waals surface area (Å²) in [4.78, 5) is 0. The Bertz CT molecular complexity index is 1080. The van der Waals surface area contributed by atoms with Gasteiger partial charge in [-0.1, -0.05) is 29.3 Å². The zero-order valence-corrected chi connectivity index (χ0v) is 16.7. The van der Waals surface area contributed by atoms with Gasteiger partial charge in [-0.15, -0.1) is 0 Å². The number of aryl methyl sites for hydroxylation is 1. The van der Waals surface area contributed by atoms with E-state index in [2.05, 4.69) is 22.4 Å². The van der Waals surface area contributed by atoms with E-state index in [4.69, 9.17) is 32.7 Å². The van der Waals surface area contributed by atoms with Crippen LogP contribution >= 0.6 is 23.2 Å². The molecule has 0 amide bonds. The maximum Gasteiger partial charge on any atom is 0.161 e. The maximum absolute atomic E-state index is 6.28. The van der Waals surface area contributed by atoms with E-state index in [1.165, 1.54) is 0 Å². The quantitative estimate of drug-likeness (QED) is 0.391. The molecule has 1 heterocycles. The smallest absolute Gasteiger partial charge is 0.161 e. The number of nitrogens with one attached hydrogen (secondary N) is 3. The third-order valence-corrected chi connectivity index (χ3v) is 5.60. The Morgan fingerprint density at radius 3 is 2.22 bits per heavy atom. The number of rotatable bonds is 5. The molecule has 2 aliphatic rings. The minimum Gasteiger partial charge on any atom is -0.493 e. The van der Waals surface area contributed by atoms with Crippen LogP contribution in [0, 0.1) is 6.92 Å². The average molecular weight is 404 g/mol. The molecule has 0 fully saturated rings. The minimum absolute atomic E-state index is 0.509. The molecule has 4 rings (SSSR count). The molecule has 0 atom stereocenters. The number of halogens is 2. The molecule has 2 aromatic carbocycles. The van der Waals surface area contributed by atoms with Crippen molar-refractivity contribution >= 4 is 39.8 Å². The van der Waals surface area contributed by atoms with Crippen molar-refractivity contribution < 1.29 is 9.47 Å². The first kappa shape index (κ1) is 17.9. The Balaban J connectivity index is 1.75. The number of fused-ring (bicyclic) bond motifs is 3. The van der Waals surface area contributed by atoms with Gasteiger partial charge in [0.2, 0.25) is 0 Å². The van der Waals surface area contributed by atoms with E-state index in [1.54, 1.807) is 14.2 Å². The standard InChI is InChI=1S/C20H19Cl2N3O2/c1-10-11-7-16(26-2)17(27-3)8-12(11)19-18(10)20(25-24-19)23-9-13-14(21)5-4-6-15(13)22/h4-8,23-25H,9H2,1-3H3. The van der Waals surface area contributed by atoms with Crippen LogP contribution in [0.4, 0.5) is 5.82 Å². The van der Waals surface area contributed by atoms with Gasteiger partial charge in [0.1, 0.15) is 5.82 Å². The van der Waals surface area contributed by atoms with E-state index in [9.17, 15) is 0 Å². The molecular weight excluding hydrogens is 385 g/mol. The molecule has 0 spiro atoms. The first-order chi connectivity index (χ1) is 13.0. The Morgan fingerprint density at radius 2 is 1.59 bits per heavy atom. The zero-order chi connectivity index (χ0) is 19.1. The van der Waals surface area contributed by atoms with Crippen LogP contribution in [0.1, 0.15) is 11.1 Å². The second kappa shape index (κ2) is 6.91. The fraction of sp³-hybridized carbons (Fsp3) is 0.200. The van der Waals surface area contributed by atoms with Crippen LogP contribution in [0.3, 0.4) is 0 Å². The highest BCUT2D eigenvalue weighted by atomic mass is 35.5. The molecule has 140 valence electrons. The Kier molecular flexibility index (Phi) is 4.58. The molecule has 3 N–H and O–H groups in total. The second-order valence-corrected chi connectivity index (χ2v) is 7.12. The van der Waals surface area contributed by atoms with Gasteiger partial charge in [0.15, 0.2) is 11.5 Å². The molecule has 1 aliphatic carbocycles. The molecule has 0 unspecified atom stereocenters. The number of hydrogen-bond acceptors (Lipinski definition) is 3. The summed E-state index contributed by atoms with van der Waals surface area (Å²) in [5.74, 6) is 2.29. The molecule has 0 bridgehead atoms. The van der Waals surface area contributed by atoms with Gasteiger partial charge in [0.05, 0.1) is 19.9 Å². The van der Waals surface area contributed by atoms with Crippen molar-refractivity contribution in [3.8, 4) is 22.8 Å². The van der Waals surface area contributed by atoms with Crippen molar-refractivity contribution in [2.24, 2.45) is 0 Å². The first-order valence-corrected chi connectivity index (χ1v) is 9.21. The van der Waals surface area contributed by atoms with Crippen LogP contribution in [0.15, 0.2) is 30.3 Å². The summed E-state index contributed by atoms with van der Waals surface area (Å²) < 4.78 is 10.9. The maximum atomic E-state index is 6.28. The molecular formula is C20H19Cl2N3O2. The lowest BCUT2D eigenvalue weighted by molar-refractivity contribution is 0.356. The summed E-state index contributed by atoms with van der Waals surface area (Å²) in [6, 6.07) is 9.50. The Morgan fingerprint density at radius 1 is 0.963 bits per heavy atom. The van der Waals surface area contributed by atoms with Crippen LogP contribution in [-0.2, 0) is 6.54 Å². The molecule has 7 heteroatoms. The van der Waals surface area contributed by atoms with Crippen molar-refractivity contribution in [3.05, 3.63) is 51.5 Å². The van der Waals surface area contributed by atoms with Gasteiger partial charge in [0.25, 0.3) is 0 Å². The minimum atomic E-state index is 0.509. The number of hydrogen-bond donors (Lipinski definition) is 3. The lowest BCUT2D eigenvalue weighted by Crippen LogP contribution is -2.02. The molecule has 1 aliphatic heterocycles. The molecule has 2 aromatic rings. The van der Waals surface area contributed by atoms with Crippen LogP contribution in [-0.4, -0.2) is 24.4 Å². The SMILES string of the molecule is COc1cc2c3[nH][nH]c(NCc4c(Cl)cccc4Cl)c-3c(C)c2cc1OC. The molecule has 0 radical (unpaired) electrons. The van der Waals surface area contributed by atoms with E-state index in [1.807, 2.05) is 30.3 Å². The zero-order valence-electron chi connectivity index (χ0n) is 15.2. The monoisotopic (exact) mass is 403 g/mol. The van der Waals surface area contributed by atoms with Gasteiger partial charge in [-0.25, -0.2) is 0 Å². The fourth-order valence-corrected chi connectivity index (χ4v) is 4.02. The highest BCUT2D eigenvalue weighted by Crippen LogP contribution is 2.45. The van der Waals surface area contributed by atoms with Gasteiger partial charge >= 0.3 is 0 Å². The van der Waals surface area contributed by atoms with E-state index >= 15 is 0 Å². The number of methoxy groups -OCH3 is 2. The predicted molar refractivity (Wildman–Crippen MR) is 111 cm³/mol. The highest BCUT2D eigenvalue weighted by Gasteiger charge is 2.23. The number of benzene rings is 2. The van der Waals surface area contributed by atoms with Gasteiger partial charge in [-0.3, -0.25) is 10.2 Å². The molecule has 27 heavy (non-hydrogen) atoms. The van der Waals surface area contributed by atoms with E-state index in [0.29, 0.717) is 28.1 Å². The Labute approximate surface area is 166 Å². The van der Waals surface area contributed by atoms with Crippen LogP contribution < -0.4 is 14.8 Å². The van der Waals surface area contributed by atoms with Crippen LogP contribution in [0.5, 0.6) is 11.5 Å². The van der Waals surface area contributed by atoms with Gasteiger partial charge in [-0.05, 0) is 42.1 Å². The average Bonchev–Trinajstić information content (AvgIpc) is 3.20. The van der Waals surface area contributed by atoms with Gasteiger partial charge in [-0.2, -0.15) is 0 Å². The number of aromatic nitrogens is 2. The lowest BCUT2D eigenvalue weighted by atomic mass is 10.1. The van der Waals surface area contributed by atoms with Crippen molar-refractivity contribution in [2.45, 2.75) is 13.5 Å². The van der Waals surface area contributed by atoms with E-state index in [0.717, 1.165) is 39.0 Å². The Hall–Kier alpha value is -2.50. The van der Waals surface area contributed by atoms with Gasteiger partial charge < -0.3 is 14.8 Å². The van der Waals surface area contributed by atoms with Crippen LogP contribution in [0.2, 0.25) is 10.0 Å². The van der Waals surface area contributed by atoms with E-state index < -0.39 is 0 Å². The normalized spacial score (nSPS) is 11.3. The third kappa shape index (κ3) is 2.87. The number of ether oxygens (including phenoxy) is 2. The van der Waals surface area contributed by atoms with Gasteiger partial charge in [0, 0.05) is 33.1 Å². The number of H-pyrrole nitrogens is 2. The summed E-state index contributed by atoms with van der Waals surface area (Å²) in [7, 11) is 3.28. The van der Waals surface area contributed by atoms with E-state index in [-0.39, 0.29) is 0 Å². The number of aromatic amines is 2. The summed E-state index contributed by atoms with van der Waals surface area (Å²) in [6.45, 7) is 2.60. The van der Waals surface area contributed by atoms with Crippen molar-refractivity contribution in [2.75, 3.05) is 19.5 Å². The summed E-state index contributed by atoms with van der Waals surface area (Å²) in [5.41, 5.74) is 4.10. The fourth-order valence-electron chi connectivity index (χ4n) is 3.49. The molecule has 5 nitrogen and oxygen atoms in total. The summed E-state index contributed by atoms with van der Waals surface area (Å²) >= 11 is 12.6. The molecule has 0 aromatic heterocycles. The van der Waals surface area contributed by atoms with Crippen molar-refractivity contribution in [1.82, 2.24) is 10.2 Å². The van der Waals surface area contributed by atoms with Crippen molar-refractivity contribution in [3.63, 3.8) is 0 Å². The first-order valence-electron chi connectivity index (χ1n) is 8.46. The summed E-state index contributed by atoms with van der Waals surface area (Å²) in [6.07, 6.45) is 0. The number of anilines is 1. The third-order valence-electron chi connectivity index (χ3n) is 4.89. The van der Waals surface area contributed by atoms with Crippen LogP contribution in [0.25, 0.3) is 22.0 Å². The molecule has 0 saturated carbocycles. The summed E-state index contributed by atoms with van der Waals surface area (Å²) in [5, 5.41) is 13.3. The highest BCUT2D eigenvalue weighted by molar-refractivity contribution is 6.36. The predicted octanol–water partition coefficient (Wildman–Crippen LogP) is 5.85. The largest absolute Gasteiger partial charge is 0.493 e. The van der Waals surface area contributed by atoms with Crippen molar-refractivity contribution in [1.29, 1.82) is 0 Å². The second-order valence-electron chi connectivity index (χ2n) is 6.31. The molecule has 0 saturated heterocycles. The topological polar surface area (TPSA) is 62.1 Å². The lowest BCUT2D eigenvalue weighted by Gasteiger charge is -2.09.